The van der Waals surface area contributed by atoms with E-state index in [4.69, 9.17) is 4.74 Å². The molecule has 2 atom stereocenters. The molecule has 2 amide bonds. The van der Waals surface area contributed by atoms with E-state index in [0.29, 0.717) is 12.2 Å². The third-order valence-electron chi connectivity index (χ3n) is 5.77. The molecule has 6 heteroatoms. The summed E-state index contributed by atoms with van der Waals surface area (Å²) in [7, 11) is 0. The van der Waals surface area contributed by atoms with E-state index in [9.17, 15) is 14.0 Å². The highest BCUT2D eigenvalue weighted by atomic mass is 19.1. The standard InChI is InChI=1S/C26H35FN2O3/c1-7-19(5)28-26(31)23(8-2)29(15-21-9-11-22(27)12-10-21)25(30)16-32-24-14-17(3)13-18(4)20(24)6/h9-14,19,23H,7-8,15-16H2,1-6H3,(H,28,31)/t19-,23+/m0/s1. The highest BCUT2D eigenvalue weighted by Gasteiger charge is 2.29. The van der Waals surface area contributed by atoms with Gasteiger partial charge in [0, 0.05) is 12.6 Å². The van der Waals surface area contributed by atoms with Gasteiger partial charge in [0.25, 0.3) is 5.91 Å². The van der Waals surface area contributed by atoms with E-state index in [1.165, 1.54) is 17.0 Å². The summed E-state index contributed by atoms with van der Waals surface area (Å²) in [5.41, 5.74) is 3.88. The fourth-order valence-corrected chi connectivity index (χ4v) is 3.52. The quantitative estimate of drug-likeness (QED) is 0.572. The van der Waals surface area contributed by atoms with E-state index >= 15 is 0 Å². The van der Waals surface area contributed by atoms with Crippen molar-refractivity contribution in [2.45, 2.75) is 73.0 Å². The molecule has 5 nitrogen and oxygen atoms in total. The minimum atomic E-state index is -0.648. The number of nitrogens with zero attached hydrogens (tertiary/aromatic N) is 1. The number of amides is 2. The van der Waals surface area contributed by atoms with Crippen molar-refractivity contribution in [3.63, 3.8) is 0 Å². The van der Waals surface area contributed by atoms with Gasteiger partial charge in [-0.3, -0.25) is 9.59 Å². The van der Waals surface area contributed by atoms with Gasteiger partial charge in [-0.2, -0.15) is 0 Å². The molecule has 2 aromatic rings. The zero-order valence-corrected chi connectivity index (χ0v) is 20.0. The first kappa shape index (κ1) is 25.4. The van der Waals surface area contributed by atoms with Crippen LogP contribution in [0, 0.1) is 26.6 Å². The van der Waals surface area contributed by atoms with E-state index in [0.717, 1.165) is 28.7 Å². The van der Waals surface area contributed by atoms with Gasteiger partial charge in [0.05, 0.1) is 0 Å². The van der Waals surface area contributed by atoms with Crippen molar-refractivity contribution in [2.24, 2.45) is 0 Å². The van der Waals surface area contributed by atoms with Crippen LogP contribution >= 0.6 is 0 Å². The van der Waals surface area contributed by atoms with Gasteiger partial charge >= 0.3 is 0 Å². The van der Waals surface area contributed by atoms with Crippen LogP contribution in [-0.2, 0) is 16.1 Å². The fourth-order valence-electron chi connectivity index (χ4n) is 3.52. The van der Waals surface area contributed by atoms with E-state index in [1.807, 2.05) is 47.6 Å². The maximum absolute atomic E-state index is 13.4. The molecular weight excluding hydrogens is 407 g/mol. The van der Waals surface area contributed by atoms with Crippen LogP contribution in [0.3, 0.4) is 0 Å². The second-order valence-corrected chi connectivity index (χ2v) is 8.38. The van der Waals surface area contributed by atoms with Gasteiger partial charge in [-0.1, -0.05) is 32.0 Å². The van der Waals surface area contributed by atoms with E-state index in [-0.39, 0.29) is 36.8 Å². The molecule has 0 aliphatic heterocycles. The molecule has 32 heavy (non-hydrogen) atoms. The highest BCUT2D eigenvalue weighted by Crippen LogP contribution is 2.23. The molecule has 2 rings (SSSR count). The lowest BCUT2D eigenvalue weighted by atomic mass is 10.1. The van der Waals surface area contributed by atoms with Gasteiger partial charge in [-0.05, 0) is 81.0 Å². The Morgan fingerprint density at radius 1 is 1.06 bits per heavy atom. The first-order chi connectivity index (χ1) is 15.2. The number of halogens is 1. The molecule has 2 aromatic carbocycles. The Labute approximate surface area is 191 Å². The van der Waals surface area contributed by atoms with Crippen LogP contribution in [0.4, 0.5) is 4.39 Å². The Bertz CT molecular complexity index is 927. The Morgan fingerprint density at radius 3 is 2.31 bits per heavy atom. The number of benzene rings is 2. The number of rotatable bonds is 10. The first-order valence-electron chi connectivity index (χ1n) is 11.2. The number of hydrogen-bond acceptors (Lipinski definition) is 3. The van der Waals surface area contributed by atoms with Crippen molar-refractivity contribution < 1.29 is 18.7 Å². The highest BCUT2D eigenvalue weighted by molar-refractivity contribution is 5.88. The molecule has 0 bridgehead atoms. The maximum atomic E-state index is 13.4. The Kier molecular flexibility index (Phi) is 9.24. The maximum Gasteiger partial charge on any atom is 0.261 e. The van der Waals surface area contributed by atoms with Gasteiger partial charge < -0.3 is 15.0 Å². The predicted octanol–water partition coefficient (Wildman–Crippen LogP) is 4.85. The monoisotopic (exact) mass is 442 g/mol. The topological polar surface area (TPSA) is 58.6 Å². The Balaban J connectivity index is 2.26. The molecule has 0 aliphatic carbocycles. The molecule has 1 N–H and O–H groups in total. The van der Waals surface area contributed by atoms with Crippen molar-refractivity contribution in [3.8, 4) is 5.75 Å². The molecule has 0 fully saturated rings. The van der Waals surface area contributed by atoms with Gasteiger partial charge in [0.1, 0.15) is 17.6 Å². The molecule has 0 saturated carbocycles. The smallest absolute Gasteiger partial charge is 0.261 e. The van der Waals surface area contributed by atoms with Crippen molar-refractivity contribution in [1.82, 2.24) is 10.2 Å². The normalized spacial score (nSPS) is 12.7. The molecule has 0 heterocycles. The summed E-state index contributed by atoms with van der Waals surface area (Å²) in [5, 5.41) is 2.98. The van der Waals surface area contributed by atoms with E-state index in [2.05, 4.69) is 11.4 Å². The molecule has 0 aromatic heterocycles. The van der Waals surface area contributed by atoms with Crippen LogP contribution in [-0.4, -0.2) is 35.4 Å². The van der Waals surface area contributed by atoms with Gasteiger partial charge in [-0.15, -0.1) is 0 Å². The molecular formula is C26H35FN2O3. The minimum Gasteiger partial charge on any atom is -0.483 e. The van der Waals surface area contributed by atoms with Crippen LogP contribution in [0.5, 0.6) is 5.75 Å². The zero-order chi connectivity index (χ0) is 23.8. The third-order valence-corrected chi connectivity index (χ3v) is 5.77. The van der Waals surface area contributed by atoms with Gasteiger partial charge in [0.15, 0.2) is 6.61 Å². The molecule has 0 saturated heterocycles. The van der Waals surface area contributed by atoms with Gasteiger partial charge in [-0.25, -0.2) is 4.39 Å². The van der Waals surface area contributed by atoms with Crippen LogP contribution < -0.4 is 10.1 Å². The van der Waals surface area contributed by atoms with Crippen LogP contribution in [0.1, 0.15) is 55.9 Å². The lowest BCUT2D eigenvalue weighted by Crippen LogP contribution is -2.51. The fraction of sp³-hybridized carbons (Fsp3) is 0.462. The average Bonchev–Trinajstić information content (AvgIpc) is 2.76. The lowest BCUT2D eigenvalue weighted by Gasteiger charge is -2.31. The number of carbonyl (C=O) groups is 2. The Morgan fingerprint density at radius 2 is 1.72 bits per heavy atom. The number of ether oxygens (including phenoxy) is 1. The van der Waals surface area contributed by atoms with Gasteiger partial charge in [0.2, 0.25) is 5.91 Å². The first-order valence-corrected chi connectivity index (χ1v) is 11.2. The summed E-state index contributed by atoms with van der Waals surface area (Å²) in [6.45, 7) is 11.8. The summed E-state index contributed by atoms with van der Waals surface area (Å²) in [5.74, 6) is -0.171. The van der Waals surface area contributed by atoms with Crippen LogP contribution in [0.15, 0.2) is 36.4 Å². The average molecular weight is 443 g/mol. The third kappa shape index (κ3) is 6.81. The summed E-state index contributed by atoms with van der Waals surface area (Å²) in [6.07, 6.45) is 1.25. The van der Waals surface area contributed by atoms with Crippen molar-refractivity contribution in [1.29, 1.82) is 0 Å². The molecule has 0 aliphatic rings. The zero-order valence-electron chi connectivity index (χ0n) is 20.0. The second kappa shape index (κ2) is 11.7. The molecule has 174 valence electrons. The number of aryl methyl sites for hydroxylation is 2. The predicted molar refractivity (Wildman–Crippen MR) is 125 cm³/mol. The van der Waals surface area contributed by atoms with E-state index < -0.39 is 6.04 Å². The molecule has 0 unspecified atom stereocenters. The van der Waals surface area contributed by atoms with Crippen molar-refractivity contribution in [2.75, 3.05) is 6.61 Å². The largest absolute Gasteiger partial charge is 0.483 e. The molecule has 0 radical (unpaired) electrons. The van der Waals surface area contributed by atoms with Crippen LogP contribution in [0.25, 0.3) is 0 Å². The number of carbonyl (C=O) groups excluding carboxylic acids is 2. The molecule has 0 spiro atoms. The van der Waals surface area contributed by atoms with Crippen molar-refractivity contribution >= 4 is 11.8 Å². The second-order valence-electron chi connectivity index (χ2n) is 8.38. The van der Waals surface area contributed by atoms with E-state index in [1.54, 1.807) is 12.1 Å². The SMILES string of the molecule is CC[C@H](C(=O)N[C@@H](C)CC)N(Cc1ccc(F)cc1)C(=O)COc1cc(C)cc(C)c1C. The minimum absolute atomic E-state index is 0.00786. The summed E-state index contributed by atoms with van der Waals surface area (Å²) < 4.78 is 19.3. The summed E-state index contributed by atoms with van der Waals surface area (Å²) in [6, 6.07) is 9.30. The summed E-state index contributed by atoms with van der Waals surface area (Å²) >= 11 is 0. The van der Waals surface area contributed by atoms with Crippen molar-refractivity contribution in [3.05, 3.63) is 64.5 Å². The number of nitrogens with one attached hydrogen (secondary N) is 1. The van der Waals surface area contributed by atoms with Crippen LogP contribution in [0.2, 0.25) is 0 Å². The summed E-state index contributed by atoms with van der Waals surface area (Å²) in [4.78, 5) is 27.8. The Hall–Kier alpha value is -2.89. The number of hydrogen-bond donors (Lipinski definition) is 1. The lowest BCUT2D eigenvalue weighted by molar-refractivity contribution is -0.143.